The third kappa shape index (κ3) is 3.65. The molecule has 1 aromatic heterocycles. The lowest BCUT2D eigenvalue weighted by Crippen LogP contribution is -2.40. The monoisotopic (exact) mass is 322 g/mol. The lowest BCUT2D eigenvalue weighted by atomic mass is 10.1. The summed E-state index contributed by atoms with van der Waals surface area (Å²) in [6.07, 6.45) is 0. The SMILES string of the molecule is CC(C)N(CC(=O)O)C(=O)c1cc(-c2ccc(Cl)cc2)on1. The first kappa shape index (κ1) is 16.0. The molecule has 0 unspecified atom stereocenters. The third-order valence-electron chi connectivity index (χ3n) is 3.05. The molecule has 0 atom stereocenters. The van der Waals surface area contributed by atoms with Crippen molar-refractivity contribution in [3.8, 4) is 11.3 Å². The Hall–Kier alpha value is -2.34. The maximum atomic E-state index is 12.3. The topological polar surface area (TPSA) is 83.6 Å². The second kappa shape index (κ2) is 6.62. The largest absolute Gasteiger partial charge is 0.480 e. The molecule has 0 spiro atoms. The van der Waals surface area contributed by atoms with Crippen LogP contribution in [0.15, 0.2) is 34.9 Å². The van der Waals surface area contributed by atoms with Gasteiger partial charge in [-0.15, -0.1) is 0 Å². The van der Waals surface area contributed by atoms with E-state index in [4.69, 9.17) is 21.2 Å². The quantitative estimate of drug-likeness (QED) is 0.915. The minimum atomic E-state index is -1.08. The molecule has 6 nitrogen and oxygen atoms in total. The molecule has 1 aromatic carbocycles. The van der Waals surface area contributed by atoms with Gasteiger partial charge in [-0.2, -0.15) is 0 Å². The molecule has 2 aromatic rings. The fourth-order valence-corrected chi connectivity index (χ4v) is 2.03. The number of aromatic nitrogens is 1. The summed E-state index contributed by atoms with van der Waals surface area (Å²) >= 11 is 5.82. The van der Waals surface area contributed by atoms with E-state index >= 15 is 0 Å². The summed E-state index contributed by atoms with van der Waals surface area (Å²) in [7, 11) is 0. The summed E-state index contributed by atoms with van der Waals surface area (Å²) in [4.78, 5) is 24.4. The minimum Gasteiger partial charge on any atom is -0.480 e. The summed E-state index contributed by atoms with van der Waals surface area (Å²) < 4.78 is 5.16. The van der Waals surface area contributed by atoms with Gasteiger partial charge in [0.15, 0.2) is 11.5 Å². The molecule has 0 fully saturated rings. The van der Waals surface area contributed by atoms with Gasteiger partial charge in [-0.3, -0.25) is 9.59 Å². The van der Waals surface area contributed by atoms with Crippen LogP contribution in [0.1, 0.15) is 24.3 Å². The van der Waals surface area contributed by atoms with Crippen LogP contribution in [0, 0.1) is 0 Å². The molecule has 22 heavy (non-hydrogen) atoms. The van der Waals surface area contributed by atoms with Gasteiger partial charge in [0, 0.05) is 22.7 Å². The van der Waals surface area contributed by atoms with Crippen molar-refractivity contribution in [2.45, 2.75) is 19.9 Å². The van der Waals surface area contributed by atoms with Crippen LogP contribution >= 0.6 is 11.6 Å². The Morgan fingerprint density at radius 3 is 2.50 bits per heavy atom. The Bertz CT molecular complexity index is 679. The summed E-state index contributed by atoms with van der Waals surface area (Å²) in [5, 5.41) is 13.2. The molecule has 0 saturated heterocycles. The molecular formula is C15H15ClN2O4. The molecular weight excluding hydrogens is 308 g/mol. The molecule has 0 aliphatic carbocycles. The minimum absolute atomic E-state index is 0.0694. The maximum Gasteiger partial charge on any atom is 0.323 e. The van der Waals surface area contributed by atoms with Crippen molar-refractivity contribution in [2.24, 2.45) is 0 Å². The highest BCUT2D eigenvalue weighted by atomic mass is 35.5. The number of carbonyl (C=O) groups excluding carboxylic acids is 1. The number of rotatable bonds is 5. The first-order chi connectivity index (χ1) is 10.4. The number of carboxylic acid groups (broad SMARTS) is 1. The van der Waals surface area contributed by atoms with E-state index in [0.29, 0.717) is 10.8 Å². The molecule has 0 aliphatic rings. The van der Waals surface area contributed by atoms with E-state index in [0.717, 1.165) is 5.56 Å². The fourth-order valence-electron chi connectivity index (χ4n) is 1.91. The molecule has 2 rings (SSSR count). The number of carbonyl (C=O) groups is 2. The Kier molecular flexibility index (Phi) is 4.82. The van der Waals surface area contributed by atoms with E-state index in [-0.39, 0.29) is 18.3 Å². The zero-order chi connectivity index (χ0) is 16.3. The molecule has 0 aliphatic heterocycles. The Balaban J connectivity index is 2.24. The maximum absolute atomic E-state index is 12.3. The number of benzene rings is 1. The van der Waals surface area contributed by atoms with Crippen LogP contribution in [0.4, 0.5) is 0 Å². The standard InChI is InChI=1S/C15H15ClN2O4/c1-9(2)18(8-14(19)20)15(21)12-7-13(22-17-12)10-3-5-11(16)6-4-10/h3-7,9H,8H2,1-2H3,(H,19,20). The van der Waals surface area contributed by atoms with Crippen molar-refractivity contribution in [1.29, 1.82) is 0 Å². The predicted octanol–water partition coefficient (Wildman–Crippen LogP) is 2.93. The van der Waals surface area contributed by atoms with Crippen LogP contribution in [-0.2, 0) is 4.79 Å². The predicted molar refractivity (Wildman–Crippen MR) is 80.8 cm³/mol. The van der Waals surface area contributed by atoms with Crippen molar-refractivity contribution in [3.05, 3.63) is 41.0 Å². The number of carboxylic acids is 1. The highest BCUT2D eigenvalue weighted by molar-refractivity contribution is 6.30. The molecule has 0 saturated carbocycles. The number of aliphatic carboxylic acids is 1. The van der Waals surface area contributed by atoms with Crippen LogP contribution in [-0.4, -0.2) is 39.6 Å². The van der Waals surface area contributed by atoms with Crippen LogP contribution in [0.5, 0.6) is 0 Å². The highest BCUT2D eigenvalue weighted by Gasteiger charge is 2.24. The molecule has 1 heterocycles. The van der Waals surface area contributed by atoms with E-state index in [1.807, 2.05) is 0 Å². The lowest BCUT2D eigenvalue weighted by molar-refractivity contribution is -0.138. The summed E-state index contributed by atoms with van der Waals surface area (Å²) in [5.74, 6) is -1.15. The second-order valence-corrected chi connectivity index (χ2v) is 5.44. The van der Waals surface area contributed by atoms with Crippen molar-refractivity contribution in [2.75, 3.05) is 6.54 Å². The van der Waals surface area contributed by atoms with E-state index in [9.17, 15) is 9.59 Å². The molecule has 116 valence electrons. The number of nitrogens with zero attached hydrogens (tertiary/aromatic N) is 2. The van der Waals surface area contributed by atoms with Gasteiger partial charge in [0.2, 0.25) is 0 Å². The van der Waals surface area contributed by atoms with E-state index in [1.165, 1.54) is 11.0 Å². The van der Waals surface area contributed by atoms with Gasteiger partial charge in [-0.25, -0.2) is 0 Å². The van der Waals surface area contributed by atoms with Gasteiger partial charge in [-0.1, -0.05) is 16.8 Å². The van der Waals surface area contributed by atoms with Crippen LogP contribution in [0.25, 0.3) is 11.3 Å². The van der Waals surface area contributed by atoms with Crippen molar-refractivity contribution >= 4 is 23.5 Å². The summed E-state index contributed by atoms with van der Waals surface area (Å²) in [5.41, 5.74) is 0.796. The Morgan fingerprint density at radius 2 is 1.95 bits per heavy atom. The van der Waals surface area contributed by atoms with Crippen molar-refractivity contribution in [3.63, 3.8) is 0 Å². The third-order valence-corrected chi connectivity index (χ3v) is 3.30. The van der Waals surface area contributed by atoms with Gasteiger partial charge >= 0.3 is 5.97 Å². The second-order valence-electron chi connectivity index (χ2n) is 5.00. The van der Waals surface area contributed by atoms with Crippen molar-refractivity contribution in [1.82, 2.24) is 10.1 Å². The van der Waals surface area contributed by atoms with E-state index in [1.54, 1.807) is 38.1 Å². The zero-order valence-electron chi connectivity index (χ0n) is 12.1. The molecule has 0 bridgehead atoms. The molecule has 0 radical (unpaired) electrons. The van der Waals surface area contributed by atoms with E-state index < -0.39 is 11.9 Å². The first-order valence-corrected chi connectivity index (χ1v) is 7.01. The van der Waals surface area contributed by atoms with Gasteiger partial charge in [-0.05, 0) is 38.1 Å². The normalized spacial score (nSPS) is 10.7. The molecule has 1 amide bonds. The zero-order valence-corrected chi connectivity index (χ0v) is 12.9. The van der Waals surface area contributed by atoms with Crippen LogP contribution in [0.2, 0.25) is 5.02 Å². The molecule has 7 heteroatoms. The summed E-state index contributed by atoms with van der Waals surface area (Å²) in [6, 6.07) is 8.11. The smallest absolute Gasteiger partial charge is 0.323 e. The van der Waals surface area contributed by atoms with Crippen LogP contribution < -0.4 is 0 Å². The van der Waals surface area contributed by atoms with Crippen molar-refractivity contribution < 1.29 is 19.2 Å². The van der Waals surface area contributed by atoms with Gasteiger partial charge in [0.05, 0.1) is 0 Å². The number of halogens is 1. The lowest BCUT2D eigenvalue weighted by Gasteiger charge is -2.23. The van der Waals surface area contributed by atoms with E-state index in [2.05, 4.69) is 5.16 Å². The average Bonchev–Trinajstić information content (AvgIpc) is 2.94. The molecule has 1 N–H and O–H groups in total. The fraction of sp³-hybridized carbons (Fsp3) is 0.267. The van der Waals surface area contributed by atoms with Gasteiger partial charge in [0.25, 0.3) is 5.91 Å². The number of hydrogen-bond donors (Lipinski definition) is 1. The first-order valence-electron chi connectivity index (χ1n) is 6.64. The van der Waals surface area contributed by atoms with Gasteiger partial charge in [0.1, 0.15) is 6.54 Å². The number of amides is 1. The Morgan fingerprint density at radius 1 is 1.32 bits per heavy atom. The highest BCUT2D eigenvalue weighted by Crippen LogP contribution is 2.23. The Labute approximate surface area is 132 Å². The average molecular weight is 323 g/mol. The van der Waals surface area contributed by atoms with Gasteiger partial charge < -0.3 is 14.5 Å². The number of hydrogen-bond acceptors (Lipinski definition) is 4. The van der Waals surface area contributed by atoms with Crippen LogP contribution in [0.3, 0.4) is 0 Å². The summed E-state index contributed by atoms with van der Waals surface area (Å²) in [6.45, 7) is 3.09.